The van der Waals surface area contributed by atoms with Gasteiger partial charge in [0.05, 0.1) is 16.5 Å². The summed E-state index contributed by atoms with van der Waals surface area (Å²) in [5.74, 6) is 0.252. The molecule has 8 heteroatoms. The molecule has 1 N–H and O–H groups in total. The summed E-state index contributed by atoms with van der Waals surface area (Å²) in [6, 6.07) is 3.77. The second-order valence-corrected chi connectivity index (χ2v) is 8.12. The molecule has 3 rings (SSSR count). The Balaban J connectivity index is 1.68. The van der Waals surface area contributed by atoms with Crippen LogP contribution in [0.3, 0.4) is 0 Å². The largest absolute Gasteiger partial charge is 0.416 e. The lowest BCUT2D eigenvalue weighted by Gasteiger charge is -2.30. The maximum atomic E-state index is 12.6. The standard InChI is InChI=1S/C17H19F3N2O2S/c1-10(11-3-5-12(6-4-11)17(18,19)20)21-15(24)13-9-25-16(2)8-7-14(23)22(13)16/h3-6,10,13H,7-9H2,1-2H3,(H,21,24). The average Bonchev–Trinajstić information content (AvgIpc) is 3.03. The Morgan fingerprint density at radius 2 is 2.00 bits per heavy atom. The monoisotopic (exact) mass is 372 g/mol. The number of amides is 2. The van der Waals surface area contributed by atoms with Crippen LogP contribution < -0.4 is 5.32 Å². The molecule has 1 aromatic rings. The van der Waals surface area contributed by atoms with Gasteiger partial charge in [0.25, 0.3) is 0 Å². The number of carbonyl (C=O) groups excluding carboxylic acids is 2. The second-order valence-electron chi connectivity index (χ2n) is 6.62. The minimum absolute atomic E-state index is 0.0187. The molecule has 4 nitrogen and oxygen atoms in total. The van der Waals surface area contributed by atoms with Gasteiger partial charge in [0, 0.05) is 12.2 Å². The van der Waals surface area contributed by atoms with E-state index in [-0.39, 0.29) is 16.7 Å². The third kappa shape index (κ3) is 3.36. The molecule has 2 amide bonds. The van der Waals surface area contributed by atoms with Crippen molar-refractivity contribution in [3.8, 4) is 0 Å². The minimum Gasteiger partial charge on any atom is -0.348 e. The van der Waals surface area contributed by atoms with Gasteiger partial charge in [0.1, 0.15) is 6.04 Å². The van der Waals surface area contributed by atoms with Gasteiger partial charge < -0.3 is 10.2 Å². The first-order valence-electron chi connectivity index (χ1n) is 8.05. The Kier molecular flexibility index (Phi) is 4.51. The van der Waals surface area contributed by atoms with Crippen LogP contribution in [0.15, 0.2) is 24.3 Å². The van der Waals surface area contributed by atoms with Crippen molar-refractivity contribution in [1.82, 2.24) is 10.2 Å². The van der Waals surface area contributed by atoms with Gasteiger partial charge in [-0.1, -0.05) is 12.1 Å². The van der Waals surface area contributed by atoms with Gasteiger partial charge in [-0.05, 0) is 38.0 Å². The van der Waals surface area contributed by atoms with E-state index in [1.165, 1.54) is 12.1 Å². The Hall–Kier alpha value is -1.70. The summed E-state index contributed by atoms with van der Waals surface area (Å²) in [6.07, 6.45) is -3.21. The summed E-state index contributed by atoms with van der Waals surface area (Å²) in [7, 11) is 0. The quantitative estimate of drug-likeness (QED) is 0.885. The van der Waals surface area contributed by atoms with Gasteiger partial charge in [0.15, 0.2) is 0 Å². The van der Waals surface area contributed by atoms with Gasteiger partial charge in [0.2, 0.25) is 11.8 Å². The highest BCUT2D eigenvalue weighted by Crippen LogP contribution is 2.47. The van der Waals surface area contributed by atoms with E-state index in [2.05, 4.69) is 5.32 Å². The molecule has 0 aliphatic carbocycles. The average molecular weight is 372 g/mol. The summed E-state index contributed by atoms with van der Waals surface area (Å²) in [5.41, 5.74) is -0.136. The van der Waals surface area contributed by atoms with Crippen molar-refractivity contribution < 1.29 is 22.8 Å². The normalized spacial score (nSPS) is 27.3. The molecule has 0 aromatic heterocycles. The molecule has 2 saturated heterocycles. The first-order valence-corrected chi connectivity index (χ1v) is 9.04. The van der Waals surface area contributed by atoms with Gasteiger partial charge in [-0.3, -0.25) is 9.59 Å². The van der Waals surface area contributed by atoms with Gasteiger partial charge in [-0.25, -0.2) is 0 Å². The fourth-order valence-corrected chi connectivity index (χ4v) is 4.80. The lowest BCUT2D eigenvalue weighted by Crippen LogP contribution is -2.50. The topological polar surface area (TPSA) is 49.4 Å². The molecule has 0 spiro atoms. The lowest BCUT2D eigenvalue weighted by molar-refractivity contribution is -0.138. The van der Waals surface area contributed by atoms with Crippen molar-refractivity contribution in [2.24, 2.45) is 0 Å². The SMILES string of the molecule is CC(NC(=O)C1CSC2(C)CCC(=O)N12)c1ccc(C(F)(F)F)cc1. The number of halogens is 3. The van der Waals surface area contributed by atoms with E-state index < -0.39 is 23.8 Å². The zero-order valence-electron chi connectivity index (χ0n) is 13.9. The molecule has 1 aromatic carbocycles. The second kappa shape index (κ2) is 6.23. The first-order chi connectivity index (χ1) is 11.6. The van der Waals surface area contributed by atoms with Gasteiger partial charge in [-0.15, -0.1) is 11.8 Å². The number of benzene rings is 1. The molecule has 2 aliphatic heterocycles. The van der Waals surface area contributed by atoms with E-state index in [1.807, 2.05) is 6.92 Å². The molecule has 0 saturated carbocycles. The maximum absolute atomic E-state index is 12.6. The van der Waals surface area contributed by atoms with Crippen LogP contribution in [0.2, 0.25) is 0 Å². The van der Waals surface area contributed by atoms with Crippen LogP contribution in [0.25, 0.3) is 0 Å². The van der Waals surface area contributed by atoms with Crippen LogP contribution >= 0.6 is 11.8 Å². The summed E-state index contributed by atoms with van der Waals surface area (Å²) >= 11 is 1.60. The number of thioether (sulfide) groups is 1. The van der Waals surface area contributed by atoms with Crippen molar-refractivity contribution in [3.63, 3.8) is 0 Å². The van der Waals surface area contributed by atoms with Crippen LogP contribution in [-0.2, 0) is 15.8 Å². The van der Waals surface area contributed by atoms with E-state index in [0.29, 0.717) is 17.7 Å². The van der Waals surface area contributed by atoms with E-state index >= 15 is 0 Å². The number of nitrogens with one attached hydrogen (secondary N) is 1. The number of fused-ring (bicyclic) bond motifs is 1. The summed E-state index contributed by atoms with van der Waals surface area (Å²) < 4.78 is 37.9. The zero-order chi connectivity index (χ0) is 18.4. The van der Waals surface area contributed by atoms with Crippen molar-refractivity contribution >= 4 is 23.6 Å². The smallest absolute Gasteiger partial charge is 0.348 e. The van der Waals surface area contributed by atoms with Gasteiger partial charge >= 0.3 is 6.18 Å². The molecular weight excluding hydrogens is 353 g/mol. The molecule has 25 heavy (non-hydrogen) atoms. The van der Waals surface area contributed by atoms with Crippen molar-refractivity contribution in [1.29, 1.82) is 0 Å². The highest BCUT2D eigenvalue weighted by molar-refractivity contribution is 8.01. The molecule has 0 radical (unpaired) electrons. The van der Waals surface area contributed by atoms with Crippen LogP contribution in [-0.4, -0.2) is 33.4 Å². The fraction of sp³-hybridized carbons (Fsp3) is 0.529. The molecule has 2 heterocycles. The van der Waals surface area contributed by atoms with Crippen molar-refractivity contribution in [3.05, 3.63) is 35.4 Å². The van der Waals surface area contributed by atoms with Crippen LogP contribution in [0, 0.1) is 0 Å². The third-order valence-corrected chi connectivity index (χ3v) is 6.35. The number of hydrogen-bond donors (Lipinski definition) is 1. The number of rotatable bonds is 3. The highest BCUT2D eigenvalue weighted by atomic mass is 32.2. The molecule has 136 valence electrons. The fourth-order valence-electron chi connectivity index (χ4n) is 3.37. The minimum atomic E-state index is -4.38. The first kappa shape index (κ1) is 18.1. The van der Waals surface area contributed by atoms with Crippen molar-refractivity contribution in [2.75, 3.05) is 5.75 Å². The lowest BCUT2D eigenvalue weighted by atomic mass is 10.1. The number of carbonyl (C=O) groups is 2. The summed E-state index contributed by atoms with van der Waals surface area (Å²) in [6.45, 7) is 3.68. The van der Waals surface area contributed by atoms with E-state index in [1.54, 1.807) is 23.6 Å². The Labute approximate surface area is 148 Å². The van der Waals surface area contributed by atoms with Crippen LogP contribution in [0.5, 0.6) is 0 Å². The maximum Gasteiger partial charge on any atom is 0.416 e. The predicted octanol–water partition coefficient (Wildman–Crippen LogP) is 3.34. The molecule has 3 unspecified atom stereocenters. The van der Waals surface area contributed by atoms with Crippen LogP contribution in [0.4, 0.5) is 13.2 Å². The molecule has 3 atom stereocenters. The Bertz CT molecular complexity index is 692. The van der Waals surface area contributed by atoms with Crippen molar-refractivity contribution in [2.45, 2.75) is 49.8 Å². The molecule has 2 fully saturated rings. The number of hydrogen-bond acceptors (Lipinski definition) is 3. The zero-order valence-corrected chi connectivity index (χ0v) is 14.7. The number of nitrogens with zero attached hydrogens (tertiary/aromatic N) is 1. The van der Waals surface area contributed by atoms with E-state index in [9.17, 15) is 22.8 Å². The van der Waals surface area contributed by atoms with Gasteiger partial charge in [-0.2, -0.15) is 13.2 Å². The van der Waals surface area contributed by atoms with E-state index in [4.69, 9.17) is 0 Å². The highest BCUT2D eigenvalue weighted by Gasteiger charge is 2.52. The molecule has 2 aliphatic rings. The Morgan fingerprint density at radius 3 is 2.60 bits per heavy atom. The van der Waals surface area contributed by atoms with Crippen LogP contribution in [0.1, 0.15) is 43.9 Å². The molecule has 0 bridgehead atoms. The summed E-state index contributed by atoms with van der Waals surface area (Å²) in [4.78, 5) is 26.0. The third-order valence-electron chi connectivity index (χ3n) is 4.84. The predicted molar refractivity (Wildman–Crippen MR) is 88.7 cm³/mol. The Morgan fingerprint density at radius 1 is 1.36 bits per heavy atom. The number of alkyl halides is 3. The molecular formula is C17H19F3N2O2S. The van der Waals surface area contributed by atoms with E-state index in [0.717, 1.165) is 18.6 Å². The summed E-state index contributed by atoms with van der Waals surface area (Å²) in [5, 5.41) is 2.82.